The highest BCUT2D eigenvalue weighted by Crippen LogP contribution is 1.95. The highest BCUT2D eigenvalue weighted by molar-refractivity contribution is 7.71. The van der Waals surface area contributed by atoms with Gasteiger partial charge in [0.1, 0.15) is 6.10 Å². The van der Waals surface area contributed by atoms with Gasteiger partial charge in [0, 0.05) is 14.2 Å². The number of aromatic amines is 1. The second kappa shape index (κ2) is 5.05. The van der Waals surface area contributed by atoms with Crippen LogP contribution in [0.5, 0.6) is 0 Å². The average molecular weight is 204 g/mol. The molecule has 0 radical (unpaired) electrons. The highest BCUT2D eigenvalue weighted by atomic mass is 32.1. The molecule has 0 saturated heterocycles. The van der Waals surface area contributed by atoms with E-state index in [4.69, 9.17) is 21.7 Å². The van der Waals surface area contributed by atoms with Gasteiger partial charge in [0.15, 0.2) is 0 Å². The van der Waals surface area contributed by atoms with Crippen LogP contribution in [-0.2, 0) is 16.0 Å². The number of nitrogens with one attached hydrogen (secondary N) is 1. The van der Waals surface area contributed by atoms with Gasteiger partial charge in [-0.05, 0) is 12.2 Å². The molecule has 0 aliphatic heterocycles. The maximum atomic E-state index is 5.15. The Labute approximate surface area is 80.8 Å². The molecule has 0 saturated carbocycles. The number of tetrazole rings is 1. The van der Waals surface area contributed by atoms with Crippen LogP contribution in [0.4, 0.5) is 0 Å². The van der Waals surface area contributed by atoms with Crippen molar-refractivity contribution in [2.75, 3.05) is 20.8 Å². The molecule has 1 atom stereocenters. The number of hydrogen-bond donors (Lipinski definition) is 1. The quantitative estimate of drug-likeness (QED) is 0.684. The zero-order valence-corrected chi connectivity index (χ0v) is 8.37. The third-order valence-corrected chi connectivity index (χ3v) is 1.91. The molecular weight excluding hydrogens is 192 g/mol. The van der Waals surface area contributed by atoms with Crippen LogP contribution in [0.1, 0.15) is 0 Å². The molecule has 1 heterocycles. The van der Waals surface area contributed by atoms with Gasteiger partial charge in [-0.2, -0.15) is 5.21 Å². The molecule has 1 aromatic heterocycles. The van der Waals surface area contributed by atoms with Gasteiger partial charge in [0.25, 0.3) is 0 Å². The second-order valence-electron chi connectivity index (χ2n) is 2.51. The third kappa shape index (κ3) is 2.87. The molecule has 0 fully saturated rings. The summed E-state index contributed by atoms with van der Waals surface area (Å²) in [6.45, 7) is 1.08. The molecule has 74 valence electrons. The van der Waals surface area contributed by atoms with Crippen LogP contribution in [-0.4, -0.2) is 47.1 Å². The monoisotopic (exact) mass is 204 g/mol. The number of hydrogen-bond acceptors (Lipinski definition) is 5. The van der Waals surface area contributed by atoms with E-state index in [2.05, 4.69) is 15.5 Å². The van der Waals surface area contributed by atoms with Gasteiger partial charge < -0.3 is 9.47 Å². The molecule has 0 amide bonds. The van der Waals surface area contributed by atoms with Crippen molar-refractivity contribution in [3.8, 4) is 0 Å². The number of methoxy groups -OCH3 is 2. The zero-order valence-electron chi connectivity index (χ0n) is 7.56. The number of nitrogens with zero attached hydrogens (tertiary/aromatic N) is 3. The lowest BCUT2D eigenvalue weighted by molar-refractivity contribution is 0.0158. The standard InChI is InChI=1S/C6H12N4O2S/c1-11-4-5(12-2)3-10-6(13)7-8-9-10/h5H,3-4H2,1-2H3,(H,7,9,13). The van der Waals surface area contributed by atoms with E-state index >= 15 is 0 Å². The lowest BCUT2D eigenvalue weighted by Crippen LogP contribution is -2.24. The van der Waals surface area contributed by atoms with Crippen molar-refractivity contribution >= 4 is 12.2 Å². The summed E-state index contributed by atoms with van der Waals surface area (Å²) in [5.41, 5.74) is 0. The van der Waals surface area contributed by atoms with Crippen LogP contribution in [0.2, 0.25) is 0 Å². The summed E-state index contributed by atoms with van der Waals surface area (Å²) in [6, 6.07) is 0. The topological polar surface area (TPSA) is 65.0 Å². The fourth-order valence-corrected chi connectivity index (χ4v) is 1.08. The molecule has 7 heteroatoms. The van der Waals surface area contributed by atoms with E-state index in [9.17, 15) is 0 Å². The van der Waals surface area contributed by atoms with Gasteiger partial charge in [0.2, 0.25) is 4.77 Å². The van der Waals surface area contributed by atoms with E-state index in [0.29, 0.717) is 17.9 Å². The largest absolute Gasteiger partial charge is 0.382 e. The fraction of sp³-hybridized carbons (Fsp3) is 0.833. The predicted octanol–water partition coefficient (Wildman–Crippen LogP) is -0.00291. The Hall–Kier alpha value is -0.790. The summed E-state index contributed by atoms with van der Waals surface area (Å²) in [7, 11) is 3.24. The van der Waals surface area contributed by atoms with Crippen molar-refractivity contribution in [2.24, 2.45) is 0 Å². The molecule has 6 nitrogen and oxygen atoms in total. The first-order valence-corrected chi connectivity index (χ1v) is 4.18. The van der Waals surface area contributed by atoms with E-state index in [0.717, 1.165) is 0 Å². The Morgan fingerprint density at radius 2 is 2.38 bits per heavy atom. The molecule has 0 aromatic carbocycles. The predicted molar refractivity (Wildman–Crippen MR) is 47.9 cm³/mol. The first kappa shape index (κ1) is 10.3. The summed E-state index contributed by atoms with van der Waals surface area (Å²) < 4.78 is 12.2. The lowest BCUT2D eigenvalue weighted by atomic mass is 10.4. The van der Waals surface area contributed by atoms with Gasteiger partial charge in [-0.1, -0.05) is 10.3 Å². The minimum absolute atomic E-state index is 0.0426. The number of aromatic nitrogens is 4. The van der Waals surface area contributed by atoms with Gasteiger partial charge in [-0.25, -0.2) is 4.68 Å². The van der Waals surface area contributed by atoms with Crippen molar-refractivity contribution in [2.45, 2.75) is 12.6 Å². The molecule has 0 aliphatic rings. The minimum atomic E-state index is -0.0426. The maximum Gasteiger partial charge on any atom is 0.238 e. The molecule has 1 rings (SSSR count). The van der Waals surface area contributed by atoms with Crippen LogP contribution in [0.3, 0.4) is 0 Å². The minimum Gasteiger partial charge on any atom is -0.382 e. The molecule has 1 aromatic rings. The summed E-state index contributed by atoms with van der Waals surface area (Å²) in [4.78, 5) is 0. The lowest BCUT2D eigenvalue weighted by Gasteiger charge is -2.13. The first-order valence-electron chi connectivity index (χ1n) is 3.77. The third-order valence-electron chi connectivity index (χ3n) is 1.60. The number of ether oxygens (including phenoxy) is 2. The molecule has 13 heavy (non-hydrogen) atoms. The van der Waals surface area contributed by atoms with Crippen LogP contribution < -0.4 is 0 Å². The van der Waals surface area contributed by atoms with Gasteiger partial charge in [-0.3, -0.25) is 0 Å². The normalized spacial score (nSPS) is 13.1. The van der Waals surface area contributed by atoms with Gasteiger partial charge in [-0.15, -0.1) is 0 Å². The molecule has 1 unspecified atom stereocenters. The molecule has 1 N–H and O–H groups in total. The van der Waals surface area contributed by atoms with Crippen molar-refractivity contribution in [3.05, 3.63) is 4.77 Å². The molecular formula is C6H12N4O2S. The SMILES string of the molecule is COCC(Cn1[nH]nnc1=S)OC. The number of rotatable bonds is 5. The summed E-state index contributed by atoms with van der Waals surface area (Å²) >= 11 is 4.90. The van der Waals surface area contributed by atoms with E-state index in [1.54, 1.807) is 18.9 Å². The maximum absolute atomic E-state index is 5.15. The molecule has 0 spiro atoms. The Balaban J connectivity index is 2.56. The molecule has 0 bridgehead atoms. The van der Waals surface area contributed by atoms with E-state index in [-0.39, 0.29) is 6.10 Å². The zero-order chi connectivity index (χ0) is 9.68. The second-order valence-corrected chi connectivity index (χ2v) is 2.87. The van der Waals surface area contributed by atoms with Crippen LogP contribution >= 0.6 is 12.2 Å². The average Bonchev–Trinajstić information content (AvgIpc) is 2.51. The number of H-pyrrole nitrogens is 1. The van der Waals surface area contributed by atoms with Crippen molar-refractivity contribution in [3.63, 3.8) is 0 Å². The Morgan fingerprint density at radius 3 is 2.85 bits per heavy atom. The molecule has 0 aliphatic carbocycles. The van der Waals surface area contributed by atoms with Crippen molar-refractivity contribution in [1.82, 2.24) is 20.2 Å². The van der Waals surface area contributed by atoms with E-state index in [1.165, 1.54) is 0 Å². The first-order chi connectivity index (χ1) is 6.27. The van der Waals surface area contributed by atoms with Gasteiger partial charge in [0.05, 0.1) is 13.2 Å². The van der Waals surface area contributed by atoms with E-state index in [1.807, 2.05) is 0 Å². The van der Waals surface area contributed by atoms with Gasteiger partial charge >= 0.3 is 0 Å². The highest BCUT2D eigenvalue weighted by Gasteiger charge is 2.08. The van der Waals surface area contributed by atoms with E-state index < -0.39 is 0 Å². The van der Waals surface area contributed by atoms with Crippen molar-refractivity contribution in [1.29, 1.82) is 0 Å². The van der Waals surface area contributed by atoms with Crippen LogP contribution in [0.25, 0.3) is 0 Å². The van der Waals surface area contributed by atoms with Crippen molar-refractivity contribution < 1.29 is 9.47 Å². The smallest absolute Gasteiger partial charge is 0.238 e. The van der Waals surface area contributed by atoms with Crippen LogP contribution in [0, 0.1) is 4.77 Å². The summed E-state index contributed by atoms with van der Waals surface area (Å²) in [5, 5.41) is 9.84. The Morgan fingerprint density at radius 1 is 1.62 bits per heavy atom. The summed E-state index contributed by atoms with van der Waals surface area (Å²) in [6.07, 6.45) is -0.0426. The Kier molecular flexibility index (Phi) is 4.00. The van der Waals surface area contributed by atoms with Crippen LogP contribution in [0.15, 0.2) is 0 Å². The summed E-state index contributed by atoms with van der Waals surface area (Å²) in [5.74, 6) is 0. The fourth-order valence-electron chi connectivity index (χ4n) is 0.920. The Bertz CT molecular complexity index is 297.